The van der Waals surface area contributed by atoms with Crippen LogP contribution >= 0.6 is 0 Å². The van der Waals surface area contributed by atoms with Gasteiger partial charge in [-0.15, -0.1) is 0 Å². The minimum Gasteiger partial charge on any atom is -0.384 e. The summed E-state index contributed by atoms with van der Waals surface area (Å²) in [6.45, 7) is 5.72. The lowest BCUT2D eigenvalue weighted by Crippen LogP contribution is -2.13. The topological polar surface area (TPSA) is 50.9 Å². The number of aromatic nitrogens is 1. The second-order valence-electron chi connectivity index (χ2n) is 3.82. The van der Waals surface area contributed by atoms with E-state index in [1.54, 1.807) is 6.20 Å². The number of unbranched alkanes of at least 4 members (excludes halogenated alkanes) is 3. The van der Waals surface area contributed by atoms with E-state index >= 15 is 0 Å². The lowest BCUT2D eigenvalue weighted by molar-refractivity contribution is 0.633. The summed E-state index contributed by atoms with van der Waals surface area (Å²) in [6.07, 6.45) is 6.50. The fourth-order valence-corrected chi connectivity index (χ4v) is 1.49. The third-order valence-electron chi connectivity index (χ3n) is 2.44. The van der Waals surface area contributed by atoms with E-state index in [0.717, 1.165) is 37.3 Å². The van der Waals surface area contributed by atoms with Crippen LogP contribution in [-0.2, 0) is 0 Å². The van der Waals surface area contributed by atoms with Crippen molar-refractivity contribution >= 4 is 5.70 Å². The molecule has 16 heavy (non-hydrogen) atoms. The quantitative estimate of drug-likeness (QED) is 0.659. The molecule has 0 bridgehead atoms. The maximum atomic E-state index is 5.43. The third kappa shape index (κ3) is 4.94. The van der Waals surface area contributed by atoms with Gasteiger partial charge in [0.15, 0.2) is 0 Å². The van der Waals surface area contributed by atoms with Crippen molar-refractivity contribution in [2.24, 2.45) is 5.73 Å². The van der Waals surface area contributed by atoms with E-state index in [0.29, 0.717) is 0 Å². The monoisotopic (exact) mass is 219 g/mol. The van der Waals surface area contributed by atoms with Crippen LogP contribution in [0.3, 0.4) is 0 Å². The second kappa shape index (κ2) is 7.88. The van der Waals surface area contributed by atoms with Gasteiger partial charge >= 0.3 is 0 Å². The van der Waals surface area contributed by atoms with Crippen LogP contribution in [0.5, 0.6) is 0 Å². The Morgan fingerprint density at radius 2 is 2.06 bits per heavy atom. The average Bonchev–Trinajstić information content (AvgIpc) is 2.34. The molecule has 1 aromatic rings. The van der Waals surface area contributed by atoms with Gasteiger partial charge in [-0.3, -0.25) is 4.98 Å². The molecule has 0 aliphatic rings. The van der Waals surface area contributed by atoms with Crippen LogP contribution in [0, 0.1) is 0 Å². The van der Waals surface area contributed by atoms with Crippen molar-refractivity contribution in [3.8, 4) is 0 Å². The van der Waals surface area contributed by atoms with Gasteiger partial charge in [-0.2, -0.15) is 0 Å². The molecule has 0 aliphatic carbocycles. The fourth-order valence-electron chi connectivity index (χ4n) is 1.49. The van der Waals surface area contributed by atoms with Gasteiger partial charge in [0, 0.05) is 12.7 Å². The van der Waals surface area contributed by atoms with Gasteiger partial charge < -0.3 is 11.1 Å². The molecule has 0 saturated heterocycles. The number of nitrogens with two attached hydrogens (primary N) is 1. The maximum absolute atomic E-state index is 5.43. The number of nitrogens with one attached hydrogen (secondary N) is 1. The fraction of sp³-hybridized carbons (Fsp3) is 0.462. The van der Waals surface area contributed by atoms with Gasteiger partial charge in [-0.1, -0.05) is 25.5 Å². The standard InChI is InChI=1S/C13H21N3/c1-12(13-8-4-7-11-16-13)15-10-6-3-2-5-9-14/h4,7-8,11,15H,1-3,5-6,9-10,14H2. The molecule has 1 aromatic heterocycles. The van der Waals surface area contributed by atoms with Crippen molar-refractivity contribution in [1.82, 2.24) is 10.3 Å². The molecule has 3 N–H and O–H groups in total. The van der Waals surface area contributed by atoms with Crippen LogP contribution in [-0.4, -0.2) is 18.1 Å². The SMILES string of the molecule is C=C(NCCCCCCN)c1ccccn1. The van der Waals surface area contributed by atoms with Crippen LogP contribution in [0.4, 0.5) is 0 Å². The third-order valence-corrected chi connectivity index (χ3v) is 2.44. The van der Waals surface area contributed by atoms with E-state index in [9.17, 15) is 0 Å². The van der Waals surface area contributed by atoms with Crippen LogP contribution < -0.4 is 11.1 Å². The molecule has 1 rings (SSSR count). The molecule has 0 unspecified atom stereocenters. The molecular weight excluding hydrogens is 198 g/mol. The average molecular weight is 219 g/mol. The van der Waals surface area contributed by atoms with E-state index in [4.69, 9.17) is 5.73 Å². The molecule has 88 valence electrons. The molecular formula is C13H21N3. The molecule has 3 nitrogen and oxygen atoms in total. The number of rotatable bonds is 8. The van der Waals surface area contributed by atoms with Crippen molar-refractivity contribution < 1.29 is 0 Å². The lowest BCUT2D eigenvalue weighted by atomic mass is 10.2. The van der Waals surface area contributed by atoms with Crippen LogP contribution in [0.15, 0.2) is 31.0 Å². The van der Waals surface area contributed by atoms with E-state index in [-0.39, 0.29) is 0 Å². The normalized spacial score (nSPS) is 10.1. The number of nitrogens with zero attached hydrogens (tertiary/aromatic N) is 1. The summed E-state index contributed by atoms with van der Waals surface area (Å²) in [7, 11) is 0. The summed E-state index contributed by atoms with van der Waals surface area (Å²) >= 11 is 0. The molecule has 0 aromatic carbocycles. The first kappa shape index (κ1) is 12.7. The number of hydrogen-bond acceptors (Lipinski definition) is 3. The smallest absolute Gasteiger partial charge is 0.0854 e. The summed E-state index contributed by atoms with van der Waals surface area (Å²) < 4.78 is 0. The largest absolute Gasteiger partial charge is 0.384 e. The molecule has 0 spiro atoms. The molecule has 0 atom stereocenters. The molecule has 0 saturated carbocycles. The van der Waals surface area contributed by atoms with Crippen LogP contribution in [0.1, 0.15) is 31.4 Å². The summed E-state index contributed by atoms with van der Waals surface area (Å²) in [6, 6.07) is 5.84. The maximum Gasteiger partial charge on any atom is 0.0854 e. The zero-order valence-electron chi connectivity index (χ0n) is 9.78. The number of pyridine rings is 1. The first-order valence-electron chi connectivity index (χ1n) is 5.89. The van der Waals surface area contributed by atoms with Gasteiger partial charge in [-0.25, -0.2) is 0 Å². The Hall–Kier alpha value is -1.35. The zero-order chi connectivity index (χ0) is 11.6. The molecule has 0 radical (unpaired) electrons. The van der Waals surface area contributed by atoms with Gasteiger partial charge in [0.05, 0.1) is 11.4 Å². The summed E-state index contributed by atoms with van der Waals surface area (Å²) in [5.74, 6) is 0. The lowest BCUT2D eigenvalue weighted by Gasteiger charge is -2.08. The van der Waals surface area contributed by atoms with Crippen molar-refractivity contribution in [3.63, 3.8) is 0 Å². The highest BCUT2D eigenvalue weighted by molar-refractivity contribution is 5.57. The Morgan fingerprint density at radius 3 is 2.75 bits per heavy atom. The predicted molar refractivity (Wildman–Crippen MR) is 68.8 cm³/mol. The minimum atomic E-state index is 0.800. The first-order chi connectivity index (χ1) is 7.84. The van der Waals surface area contributed by atoms with E-state index in [2.05, 4.69) is 16.9 Å². The Balaban J connectivity index is 2.12. The van der Waals surface area contributed by atoms with E-state index < -0.39 is 0 Å². The Kier molecular flexibility index (Phi) is 6.26. The Labute approximate surface area is 97.8 Å². The van der Waals surface area contributed by atoms with Gasteiger partial charge in [0.25, 0.3) is 0 Å². The minimum absolute atomic E-state index is 0.800. The highest BCUT2D eigenvalue weighted by Gasteiger charge is 1.97. The first-order valence-corrected chi connectivity index (χ1v) is 5.89. The number of hydrogen-bond donors (Lipinski definition) is 2. The van der Waals surface area contributed by atoms with Gasteiger partial charge in [0.1, 0.15) is 0 Å². The molecule has 0 fully saturated rings. The molecule has 0 amide bonds. The van der Waals surface area contributed by atoms with Crippen LogP contribution in [0.2, 0.25) is 0 Å². The summed E-state index contributed by atoms with van der Waals surface area (Å²) in [5, 5.41) is 3.29. The summed E-state index contributed by atoms with van der Waals surface area (Å²) in [5.41, 5.74) is 7.25. The highest BCUT2D eigenvalue weighted by atomic mass is 14.9. The zero-order valence-corrected chi connectivity index (χ0v) is 9.78. The summed E-state index contributed by atoms with van der Waals surface area (Å²) in [4.78, 5) is 4.23. The van der Waals surface area contributed by atoms with Crippen LogP contribution in [0.25, 0.3) is 5.70 Å². The molecule has 0 aliphatic heterocycles. The Morgan fingerprint density at radius 1 is 1.25 bits per heavy atom. The van der Waals surface area contributed by atoms with Crippen molar-refractivity contribution in [2.75, 3.05) is 13.1 Å². The second-order valence-corrected chi connectivity index (χ2v) is 3.82. The van der Waals surface area contributed by atoms with E-state index in [1.807, 2.05) is 18.2 Å². The molecule has 1 heterocycles. The van der Waals surface area contributed by atoms with Crippen molar-refractivity contribution in [3.05, 3.63) is 36.7 Å². The highest BCUT2D eigenvalue weighted by Crippen LogP contribution is 2.05. The van der Waals surface area contributed by atoms with E-state index in [1.165, 1.54) is 12.8 Å². The van der Waals surface area contributed by atoms with Gasteiger partial charge in [0.2, 0.25) is 0 Å². The van der Waals surface area contributed by atoms with Crippen molar-refractivity contribution in [2.45, 2.75) is 25.7 Å². The van der Waals surface area contributed by atoms with Gasteiger partial charge in [-0.05, 0) is 31.5 Å². The Bertz CT molecular complexity index is 295. The molecule has 3 heteroatoms. The van der Waals surface area contributed by atoms with Crippen molar-refractivity contribution in [1.29, 1.82) is 0 Å². The predicted octanol–water partition coefficient (Wildman–Crippen LogP) is 2.16.